The summed E-state index contributed by atoms with van der Waals surface area (Å²) in [5.74, 6) is 1.67. The van der Waals surface area contributed by atoms with Crippen molar-refractivity contribution in [2.75, 3.05) is 33.9 Å². The molecular weight excluding hydrogens is 366 g/mol. The average molecular weight is 388 g/mol. The summed E-state index contributed by atoms with van der Waals surface area (Å²) in [6, 6.07) is 5.27. The summed E-state index contributed by atoms with van der Waals surface area (Å²) in [6.07, 6.45) is 0.679. The SMILES string of the molecule is COc1cc(OC)cc(OCCNC(=O)c2csc(CCN)n2)c1.Cl. The molecule has 138 valence electrons. The summed E-state index contributed by atoms with van der Waals surface area (Å²) in [4.78, 5) is 16.2. The maximum absolute atomic E-state index is 12.0. The van der Waals surface area contributed by atoms with Gasteiger partial charge in [0.15, 0.2) is 0 Å². The normalized spacial score (nSPS) is 9.88. The van der Waals surface area contributed by atoms with E-state index in [1.54, 1.807) is 37.8 Å². The van der Waals surface area contributed by atoms with Gasteiger partial charge in [-0.3, -0.25) is 4.79 Å². The molecule has 2 aromatic rings. The number of hydrogen-bond acceptors (Lipinski definition) is 7. The standard InChI is InChI=1S/C16H21N3O4S.ClH/c1-21-11-7-12(22-2)9-13(8-11)23-6-5-18-16(20)14-10-24-15(19-14)3-4-17;/h7-10H,3-6,17H2,1-2H3,(H,18,20);1H. The molecule has 0 radical (unpaired) electrons. The quantitative estimate of drug-likeness (QED) is 0.638. The van der Waals surface area contributed by atoms with E-state index >= 15 is 0 Å². The Balaban J connectivity index is 0.00000312. The van der Waals surface area contributed by atoms with E-state index in [0.717, 1.165) is 5.01 Å². The Morgan fingerprint density at radius 2 is 1.84 bits per heavy atom. The van der Waals surface area contributed by atoms with Gasteiger partial charge in [-0.15, -0.1) is 23.7 Å². The second-order valence-electron chi connectivity index (χ2n) is 4.82. The molecule has 1 heterocycles. The zero-order valence-electron chi connectivity index (χ0n) is 14.1. The lowest BCUT2D eigenvalue weighted by atomic mass is 10.3. The molecule has 0 aliphatic heterocycles. The highest BCUT2D eigenvalue weighted by Crippen LogP contribution is 2.27. The fraction of sp³-hybridized carbons (Fsp3) is 0.375. The number of nitrogens with one attached hydrogen (secondary N) is 1. The lowest BCUT2D eigenvalue weighted by Gasteiger charge is -2.10. The third kappa shape index (κ3) is 6.41. The second-order valence-corrected chi connectivity index (χ2v) is 5.76. The van der Waals surface area contributed by atoms with Crippen molar-refractivity contribution in [3.05, 3.63) is 34.3 Å². The van der Waals surface area contributed by atoms with Gasteiger partial charge in [-0.05, 0) is 6.54 Å². The van der Waals surface area contributed by atoms with E-state index in [-0.39, 0.29) is 18.3 Å². The third-order valence-electron chi connectivity index (χ3n) is 3.12. The van der Waals surface area contributed by atoms with Gasteiger partial charge in [0.05, 0.1) is 25.8 Å². The third-order valence-corrected chi connectivity index (χ3v) is 4.03. The van der Waals surface area contributed by atoms with Crippen molar-refractivity contribution >= 4 is 29.7 Å². The number of methoxy groups -OCH3 is 2. The van der Waals surface area contributed by atoms with Crippen molar-refractivity contribution in [1.82, 2.24) is 10.3 Å². The van der Waals surface area contributed by atoms with Crippen LogP contribution in [0.25, 0.3) is 0 Å². The van der Waals surface area contributed by atoms with Crippen LogP contribution >= 0.6 is 23.7 Å². The fourth-order valence-corrected chi connectivity index (χ4v) is 2.74. The Morgan fingerprint density at radius 1 is 1.20 bits per heavy atom. The van der Waals surface area contributed by atoms with Gasteiger partial charge in [-0.2, -0.15) is 0 Å². The summed E-state index contributed by atoms with van der Waals surface area (Å²) in [5.41, 5.74) is 5.88. The van der Waals surface area contributed by atoms with E-state index in [2.05, 4.69) is 10.3 Å². The summed E-state index contributed by atoms with van der Waals surface area (Å²) in [5, 5.41) is 5.36. The first-order valence-electron chi connectivity index (χ1n) is 7.44. The number of carbonyl (C=O) groups is 1. The Bertz CT molecular complexity index is 659. The van der Waals surface area contributed by atoms with E-state index in [1.165, 1.54) is 11.3 Å². The monoisotopic (exact) mass is 387 g/mol. The molecular formula is C16H22ClN3O4S. The molecule has 0 aliphatic carbocycles. The molecule has 1 aromatic heterocycles. The molecule has 1 aromatic carbocycles. The van der Waals surface area contributed by atoms with Crippen LogP contribution in [-0.4, -0.2) is 44.8 Å². The van der Waals surface area contributed by atoms with Gasteiger partial charge in [-0.25, -0.2) is 4.98 Å². The molecule has 0 spiro atoms. The van der Waals surface area contributed by atoms with Gasteiger partial charge in [0.1, 0.15) is 29.5 Å². The number of ether oxygens (including phenoxy) is 3. The molecule has 0 unspecified atom stereocenters. The molecule has 2 rings (SSSR count). The van der Waals surface area contributed by atoms with Gasteiger partial charge < -0.3 is 25.3 Å². The molecule has 0 bridgehead atoms. The number of amides is 1. The van der Waals surface area contributed by atoms with Crippen LogP contribution < -0.4 is 25.3 Å². The molecule has 0 aliphatic rings. The predicted molar refractivity (Wildman–Crippen MR) is 99.5 cm³/mol. The lowest BCUT2D eigenvalue weighted by molar-refractivity contribution is 0.0942. The van der Waals surface area contributed by atoms with E-state index in [1.807, 2.05) is 0 Å². The van der Waals surface area contributed by atoms with Crippen molar-refractivity contribution < 1.29 is 19.0 Å². The van der Waals surface area contributed by atoms with Crippen LogP contribution in [0.2, 0.25) is 0 Å². The molecule has 7 nitrogen and oxygen atoms in total. The number of halogens is 1. The number of carbonyl (C=O) groups excluding carboxylic acids is 1. The average Bonchev–Trinajstić information content (AvgIpc) is 3.07. The Morgan fingerprint density at radius 3 is 2.44 bits per heavy atom. The minimum absolute atomic E-state index is 0. The molecule has 1 amide bonds. The number of hydrogen-bond donors (Lipinski definition) is 2. The summed E-state index contributed by atoms with van der Waals surface area (Å²) in [7, 11) is 3.15. The molecule has 0 saturated carbocycles. The van der Waals surface area contributed by atoms with Gasteiger partial charge in [0.2, 0.25) is 0 Å². The van der Waals surface area contributed by atoms with Gasteiger partial charge in [0, 0.05) is 30.0 Å². The van der Waals surface area contributed by atoms with E-state index in [0.29, 0.717) is 49.1 Å². The van der Waals surface area contributed by atoms with E-state index < -0.39 is 0 Å². The summed E-state index contributed by atoms with van der Waals surface area (Å²) < 4.78 is 16.0. The maximum atomic E-state index is 12.0. The van der Waals surface area contributed by atoms with Crippen LogP contribution in [-0.2, 0) is 6.42 Å². The Kier molecular flexibility index (Phi) is 9.04. The first kappa shape index (κ1) is 21.0. The van der Waals surface area contributed by atoms with Crippen molar-refractivity contribution in [1.29, 1.82) is 0 Å². The zero-order chi connectivity index (χ0) is 17.4. The maximum Gasteiger partial charge on any atom is 0.270 e. The highest BCUT2D eigenvalue weighted by atomic mass is 35.5. The van der Waals surface area contributed by atoms with Crippen molar-refractivity contribution in [2.45, 2.75) is 6.42 Å². The Labute approximate surface area is 156 Å². The minimum Gasteiger partial charge on any atom is -0.496 e. The lowest BCUT2D eigenvalue weighted by Crippen LogP contribution is -2.28. The van der Waals surface area contributed by atoms with Crippen LogP contribution in [0.3, 0.4) is 0 Å². The summed E-state index contributed by atoms with van der Waals surface area (Å²) >= 11 is 1.44. The van der Waals surface area contributed by atoms with Crippen molar-refractivity contribution in [3.8, 4) is 17.2 Å². The number of rotatable bonds is 9. The van der Waals surface area contributed by atoms with Crippen molar-refractivity contribution in [2.24, 2.45) is 5.73 Å². The molecule has 9 heteroatoms. The Hall–Kier alpha value is -2.03. The van der Waals surface area contributed by atoms with Crippen LogP contribution in [0, 0.1) is 0 Å². The predicted octanol–water partition coefficient (Wildman–Crippen LogP) is 1.89. The number of thiazole rings is 1. The highest BCUT2D eigenvalue weighted by molar-refractivity contribution is 7.09. The topological polar surface area (TPSA) is 95.7 Å². The van der Waals surface area contributed by atoms with Gasteiger partial charge in [0.25, 0.3) is 5.91 Å². The highest BCUT2D eigenvalue weighted by Gasteiger charge is 2.10. The largest absolute Gasteiger partial charge is 0.496 e. The smallest absolute Gasteiger partial charge is 0.270 e. The summed E-state index contributed by atoms with van der Waals surface area (Å²) in [6.45, 7) is 1.20. The van der Waals surface area contributed by atoms with E-state index in [4.69, 9.17) is 19.9 Å². The van der Waals surface area contributed by atoms with Gasteiger partial charge in [-0.1, -0.05) is 0 Å². The first-order chi connectivity index (χ1) is 11.7. The van der Waals surface area contributed by atoms with Crippen LogP contribution in [0.15, 0.2) is 23.6 Å². The van der Waals surface area contributed by atoms with Crippen molar-refractivity contribution in [3.63, 3.8) is 0 Å². The number of benzene rings is 1. The first-order valence-corrected chi connectivity index (χ1v) is 8.32. The van der Waals surface area contributed by atoms with Crippen LogP contribution in [0.4, 0.5) is 0 Å². The molecule has 25 heavy (non-hydrogen) atoms. The molecule has 0 fully saturated rings. The minimum atomic E-state index is -0.221. The molecule has 0 atom stereocenters. The van der Waals surface area contributed by atoms with Gasteiger partial charge >= 0.3 is 0 Å². The zero-order valence-corrected chi connectivity index (χ0v) is 15.7. The molecule has 0 saturated heterocycles. The molecule has 3 N–H and O–H groups in total. The number of aromatic nitrogens is 1. The van der Waals surface area contributed by atoms with Crippen LogP contribution in [0.5, 0.6) is 17.2 Å². The number of nitrogens with two attached hydrogens (primary N) is 1. The fourth-order valence-electron chi connectivity index (χ4n) is 1.94. The van der Waals surface area contributed by atoms with Crippen LogP contribution in [0.1, 0.15) is 15.5 Å². The van der Waals surface area contributed by atoms with E-state index in [9.17, 15) is 4.79 Å². The number of nitrogens with zero attached hydrogens (tertiary/aromatic N) is 1. The second kappa shape index (κ2) is 10.8.